The monoisotopic (exact) mass is 362 g/mol. The van der Waals surface area contributed by atoms with Crippen LogP contribution in [0.4, 0.5) is 0 Å². The van der Waals surface area contributed by atoms with Crippen LogP contribution in [0.2, 0.25) is 0 Å². The first-order valence-corrected chi connectivity index (χ1v) is 10.2. The summed E-state index contributed by atoms with van der Waals surface area (Å²) in [4.78, 5) is 0. The summed E-state index contributed by atoms with van der Waals surface area (Å²) in [6, 6.07) is 20.9. The van der Waals surface area contributed by atoms with Gasteiger partial charge in [0, 0.05) is 0 Å². The predicted molar refractivity (Wildman–Crippen MR) is 110 cm³/mol. The van der Waals surface area contributed by atoms with E-state index >= 15 is 0 Å². The molecule has 0 saturated heterocycles. The van der Waals surface area contributed by atoms with Gasteiger partial charge in [0.25, 0.3) is 0 Å². The molecule has 0 atom stereocenters. The molecule has 0 spiro atoms. The van der Waals surface area contributed by atoms with Crippen LogP contribution in [0.5, 0.6) is 0 Å². The third-order valence-corrected chi connectivity index (χ3v) is 7.01. The molecule has 0 saturated carbocycles. The topological polar surface area (TPSA) is 0 Å². The van der Waals surface area contributed by atoms with Crippen molar-refractivity contribution in [1.29, 1.82) is 0 Å². The van der Waals surface area contributed by atoms with E-state index in [-0.39, 0.29) is 0 Å². The lowest BCUT2D eigenvalue weighted by atomic mass is 10.1. The molecule has 0 amide bonds. The Morgan fingerprint density at radius 1 is 0.636 bits per heavy atom. The highest BCUT2D eigenvalue weighted by Gasteiger charge is 2.04. The lowest BCUT2D eigenvalue weighted by Gasteiger charge is -2.05. The standard InChI is InChI=1S/C18H18S4/c19-17(13-11-15-7-3-1-4-8-15)21-22-18(20)14-12-16-9-5-2-6-10-16/h1-10H,11-14H2. The molecule has 0 unspecified atom stereocenters. The molecule has 2 aromatic rings. The summed E-state index contributed by atoms with van der Waals surface area (Å²) in [5.41, 5.74) is 2.67. The summed E-state index contributed by atoms with van der Waals surface area (Å²) in [5, 5.41) is 0. The van der Waals surface area contributed by atoms with Crippen LogP contribution in [-0.4, -0.2) is 8.39 Å². The molecule has 22 heavy (non-hydrogen) atoms. The van der Waals surface area contributed by atoms with Gasteiger partial charge in [-0.3, -0.25) is 0 Å². The number of hydrogen-bond acceptors (Lipinski definition) is 4. The Balaban J connectivity index is 1.62. The first-order valence-electron chi connectivity index (χ1n) is 7.22. The number of aryl methyl sites for hydroxylation is 2. The minimum absolute atomic E-state index is 0.929. The summed E-state index contributed by atoms with van der Waals surface area (Å²) in [7, 11) is 3.29. The zero-order valence-corrected chi connectivity index (χ0v) is 15.5. The Bertz CT molecular complexity index is 537. The van der Waals surface area contributed by atoms with Gasteiger partial charge < -0.3 is 0 Å². The van der Waals surface area contributed by atoms with Crippen LogP contribution in [0.25, 0.3) is 0 Å². The fourth-order valence-corrected chi connectivity index (χ4v) is 4.39. The highest BCUT2D eigenvalue weighted by atomic mass is 33.1. The van der Waals surface area contributed by atoms with E-state index in [4.69, 9.17) is 24.4 Å². The second-order valence-corrected chi connectivity index (χ2v) is 8.70. The van der Waals surface area contributed by atoms with Crippen molar-refractivity contribution in [2.45, 2.75) is 25.7 Å². The molecule has 0 nitrogen and oxygen atoms in total. The SMILES string of the molecule is S=C(CCc1ccccc1)SSC(=S)CCc1ccccc1. The van der Waals surface area contributed by atoms with Crippen LogP contribution in [0, 0.1) is 0 Å². The molecule has 0 bridgehead atoms. The summed E-state index contributed by atoms with van der Waals surface area (Å²) in [6.45, 7) is 0. The summed E-state index contributed by atoms with van der Waals surface area (Å²) >= 11 is 10.9. The van der Waals surface area contributed by atoms with Crippen LogP contribution < -0.4 is 0 Å². The van der Waals surface area contributed by atoms with Crippen LogP contribution in [-0.2, 0) is 12.8 Å². The van der Waals surface area contributed by atoms with Crippen molar-refractivity contribution in [3.63, 3.8) is 0 Å². The zero-order valence-electron chi connectivity index (χ0n) is 12.2. The van der Waals surface area contributed by atoms with E-state index in [2.05, 4.69) is 48.5 Å². The Labute approximate surface area is 151 Å². The molecule has 0 heterocycles. The third kappa shape index (κ3) is 7.05. The van der Waals surface area contributed by atoms with Gasteiger partial charge >= 0.3 is 0 Å². The minimum atomic E-state index is 0.929. The van der Waals surface area contributed by atoms with Gasteiger partial charge in [0.05, 0.1) is 8.39 Å². The minimum Gasteiger partial charge on any atom is -0.0765 e. The Kier molecular flexibility index (Phi) is 8.16. The molecule has 0 aliphatic carbocycles. The van der Waals surface area contributed by atoms with Crippen molar-refractivity contribution in [2.75, 3.05) is 0 Å². The molecule has 0 aliphatic rings. The van der Waals surface area contributed by atoms with Crippen molar-refractivity contribution in [1.82, 2.24) is 0 Å². The summed E-state index contributed by atoms with van der Waals surface area (Å²) < 4.78 is 2.05. The third-order valence-electron chi connectivity index (χ3n) is 3.15. The fourth-order valence-electron chi connectivity index (χ4n) is 1.96. The molecule has 0 aromatic heterocycles. The maximum absolute atomic E-state index is 5.43. The maximum atomic E-state index is 5.43. The quantitative estimate of drug-likeness (QED) is 0.437. The van der Waals surface area contributed by atoms with Crippen LogP contribution >= 0.6 is 46.0 Å². The largest absolute Gasteiger partial charge is 0.0765 e. The van der Waals surface area contributed by atoms with Crippen LogP contribution in [0.15, 0.2) is 60.7 Å². The van der Waals surface area contributed by atoms with Gasteiger partial charge in [-0.2, -0.15) is 0 Å². The molecule has 2 aromatic carbocycles. The highest BCUT2D eigenvalue weighted by Crippen LogP contribution is 2.29. The number of hydrogen-bond donors (Lipinski definition) is 0. The van der Waals surface area contributed by atoms with Crippen molar-refractivity contribution in [2.24, 2.45) is 0 Å². The number of rotatable bonds is 6. The molecular formula is C18H18S4. The number of benzene rings is 2. The van der Waals surface area contributed by atoms with E-state index < -0.39 is 0 Å². The summed E-state index contributed by atoms with van der Waals surface area (Å²) in [5.74, 6) is 0. The lowest BCUT2D eigenvalue weighted by Crippen LogP contribution is -1.94. The van der Waals surface area contributed by atoms with E-state index in [0.717, 1.165) is 34.1 Å². The van der Waals surface area contributed by atoms with Gasteiger partial charge in [-0.15, -0.1) is 0 Å². The van der Waals surface area contributed by atoms with Crippen molar-refractivity contribution >= 4 is 54.4 Å². The predicted octanol–water partition coefficient (Wildman–Crippen LogP) is 6.29. The second-order valence-electron chi connectivity index (χ2n) is 4.88. The Morgan fingerprint density at radius 3 is 1.36 bits per heavy atom. The van der Waals surface area contributed by atoms with Gasteiger partial charge in [-0.05, 0) is 58.4 Å². The van der Waals surface area contributed by atoms with E-state index in [0.29, 0.717) is 0 Å². The molecule has 114 valence electrons. The van der Waals surface area contributed by atoms with Gasteiger partial charge in [-0.1, -0.05) is 85.1 Å². The Morgan fingerprint density at radius 2 is 1.00 bits per heavy atom. The van der Waals surface area contributed by atoms with Crippen molar-refractivity contribution in [3.05, 3.63) is 71.8 Å². The fraction of sp³-hybridized carbons (Fsp3) is 0.222. The zero-order chi connectivity index (χ0) is 15.6. The van der Waals surface area contributed by atoms with Gasteiger partial charge in [0.15, 0.2) is 0 Å². The van der Waals surface area contributed by atoms with Gasteiger partial charge in [-0.25, -0.2) is 0 Å². The molecule has 4 heteroatoms. The molecular weight excluding hydrogens is 344 g/mol. The molecule has 0 fully saturated rings. The van der Waals surface area contributed by atoms with Gasteiger partial charge in [0.2, 0.25) is 0 Å². The molecule has 0 aliphatic heterocycles. The molecule has 0 N–H and O–H groups in total. The average Bonchev–Trinajstić information content (AvgIpc) is 2.58. The smallest absolute Gasteiger partial charge is 0.0594 e. The van der Waals surface area contributed by atoms with Crippen LogP contribution in [0.1, 0.15) is 24.0 Å². The van der Waals surface area contributed by atoms with Gasteiger partial charge in [0.1, 0.15) is 0 Å². The first kappa shape index (κ1) is 17.7. The number of thiocarbonyl (C=S) groups is 2. The van der Waals surface area contributed by atoms with E-state index in [9.17, 15) is 0 Å². The van der Waals surface area contributed by atoms with E-state index in [1.807, 2.05) is 12.1 Å². The second kappa shape index (κ2) is 10.2. The Hall–Kier alpha value is -0.680. The normalized spacial score (nSPS) is 10.4. The van der Waals surface area contributed by atoms with Crippen molar-refractivity contribution < 1.29 is 0 Å². The highest BCUT2D eigenvalue weighted by molar-refractivity contribution is 8.89. The molecule has 0 radical (unpaired) electrons. The lowest BCUT2D eigenvalue weighted by molar-refractivity contribution is 1.06. The molecule has 2 rings (SSSR count). The maximum Gasteiger partial charge on any atom is 0.0594 e. The van der Waals surface area contributed by atoms with E-state index in [1.54, 1.807) is 21.6 Å². The van der Waals surface area contributed by atoms with E-state index in [1.165, 1.54) is 11.1 Å². The average molecular weight is 363 g/mol. The van der Waals surface area contributed by atoms with Crippen LogP contribution in [0.3, 0.4) is 0 Å². The summed E-state index contributed by atoms with van der Waals surface area (Å²) in [6.07, 6.45) is 3.87. The first-order chi connectivity index (χ1) is 10.7. The van der Waals surface area contributed by atoms with Crippen molar-refractivity contribution in [3.8, 4) is 0 Å².